The van der Waals surface area contributed by atoms with Gasteiger partial charge in [0.1, 0.15) is 9.88 Å². The summed E-state index contributed by atoms with van der Waals surface area (Å²) in [5.41, 5.74) is 6.04. The Morgan fingerprint density at radius 3 is 2.57 bits per heavy atom. The van der Waals surface area contributed by atoms with Crippen molar-refractivity contribution in [2.45, 2.75) is 37.6 Å². The zero-order valence-electron chi connectivity index (χ0n) is 12.0. The summed E-state index contributed by atoms with van der Waals surface area (Å²) in [5, 5.41) is 0.168. The second kappa shape index (κ2) is 6.20. The van der Waals surface area contributed by atoms with Gasteiger partial charge in [-0.3, -0.25) is 0 Å². The number of nitrogens with one attached hydrogen (secondary N) is 1. The predicted molar refractivity (Wildman–Crippen MR) is 89.0 cm³/mol. The number of halogens is 1. The van der Waals surface area contributed by atoms with E-state index < -0.39 is 10.0 Å². The molecule has 4 nitrogen and oxygen atoms in total. The fourth-order valence-corrected chi connectivity index (χ4v) is 4.67. The van der Waals surface area contributed by atoms with E-state index in [1.165, 1.54) is 12.1 Å². The van der Waals surface area contributed by atoms with Gasteiger partial charge in [-0.25, -0.2) is 13.1 Å². The minimum Gasteiger partial charge on any atom is -0.389 e. The van der Waals surface area contributed by atoms with E-state index in [2.05, 4.69) is 18.6 Å². The first-order valence-electron chi connectivity index (χ1n) is 6.84. The van der Waals surface area contributed by atoms with E-state index in [-0.39, 0.29) is 20.9 Å². The van der Waals surface area contributed by atoms with Gasteiger partial charge in [0.25, 0.3) is 0 Å². The van der Waals surface area contributed by atoms with Gasteiger partial charge in [-0.15, -0.1) is 0 Å². The molecule has 0 amide bonds. The Bertz CT molecular complexity index is 661. The van der Waals surface area contributed by atoms with E-state index in [0.29, 0.717) is 17.4 Å². The average molecular weight is 347 g/mol. The molecule has 0 radical (unpaired) electrons. The fourth-order valence-electron chi connectivity index (χ4n) is 2.66. The molecule has 0 saturated heterocycles. The Kier molecular flexibility index (Phi) is 4.92. The Balaban J connectivity index is 2.31. The summed E-state index contributed by atoms with van der Waals surface area (Å²) in [6.45, 7) is 4.21. The van der Waals surface area contributed by atoms with Crippen LogP contribution < -0.4 is 10.5 Å². The Morgan fingerprint density at radius 2 is 2.05 bits per heavy atom. The molecule has 0 aliphatic heterocycles. The van der Waals surface area contributed by atoms with E-state index in [1.807, 2.05) is 0 Å². The SMILES string of the molecule is CC1CCC(NS(=O)(=O)c2cc(C(N)=S)ccc2Cl)C1C. The summed E-state index contributed by atoms with van der Waals surface area (Å²) in [6.07, 6.45) is 1.86. The molecule has 3 atom stereocenters. The molecule has 1 aromatic carbocycles. The van der Waals surface area contributed by atoms with Crippen LogP contribution in [0.5, 0.6) is 0 Å². The van der Waals surface area contributed by atoms with E-state index in [4.69, 9.17) is 29.6 Å². The smallest absolute Gasteiger partial charge is 0.242 e. The van der Waals surface area contributed by atoms with E-state index in [9.17, 15) is 8.42 Å². The molecule has 21 heavy (non-hydrogen) atoms. The highest BCUT2D eigenvalue weighted by atomic mass is 35.5. The van der Waals surface area contributed by atoms with Gasteiger partial charge in [-0.1, -0.05) is 43.7 Å². The summed E-state index contributed by atoms with van der Waals surface area (Å²) in [5.74, 6) is 0.813. The molecular formula is C14H19ClN2O2S2. The molecule has 3 N–H and O–H groups in total. The van der Waals surface area contributed by atoms with E-state index in [1.54, 1.807) is 6.07 Å². The zero-order chi connectivity index (χ0) is 15.8. The minimum atomic E-state index is -3.68. The zero-order valence-corrected chi connectivity index (χ0v) is 14.4. The quantitative estimate of drug-likeness (QED) is 0.822. The highest BCUT2D eigenvalue weighted by Gasteiger charge is 2.33. The van der Waals surface area contributed by atoms with E-state index in [0.717, 1.165) is 12.8 Å². The third-order valence-electron chi connectivity index (χ3n) is 4.28. The van der Waals surface area contributed by atoms with Crippen molar-refractivity contribution in [3.8, 4) is 0 Å². The summed E-state index contributed by atoms with van der Waals surface area (Å²) < 4.78 is 27.9. The fraction of sp³-hybridized carbons (Fsp3) is 0.500. The third-order valence-corrected chi connectivity index (χ3v) is 6.48. The summed E-state index contributed by atoms with van der Waals surface area (Å²) in [4.78, 5) is 0.173. The molecule has 2 rings (SSSR count). The molecule has 1 aliphatic rings. The van der Waals surface area contributed by atoms with Crippen LogP contribution in [0.2, 0.25) is 5.02 Å². The maximum atomic E-state index is 12.6. The summed E-state index contributed by atoms with van der Waals surface area (Å²) in [7, 11) is -3.68. The number of hydrogen-bond acceptors (Lipinski definition) is 3. The van der Waals surface area contributed by atoms with Crippen LogP contribution in [0.15, 0.2) is 23.1 Å². The van der Waals surface area contributed by atoms with Gasteiger partial charge in [0.15, 0.2) is 0 Å². The Morgan fingerprint density at radius 1 is 1.38 bits per heavy atom. The van der Waals surface area contributed by atoms with Crippen LogP contribution in [-0.4, -0.2) is 19.4 Å². The molecule has 1 aliphatic carbocycles. The molecule has 0 bridgehead atoms. The van der Waals surface area contributed by atoms with Crippen molar-refractivity contribution in [2.24, 2.45) is 17.6 Å². The number of rotatable bonds is 4. The number of thiocarbonyl (C=S) groups is 1. The van der Waals surface area contributed by atoms with Crippen LogP contribution in [0.1, 0.15) is 32.3 Å². The second-order valence-corrected chi connectivity index (χ2v) is 8.18. The lowest BCUT2D eigenvalue weighted by Gasteiger charge is -2.20. The monoisotopic (exact) mass is 346 g/mol. The first-order chi connectivity index (χ1) is 9.72. The maximum absolute atomic E-state index is 12.6. The average Bonchev–Trinajstić information content (AvgIpc) is 2.70. The molecule has 116 valence electrons. The largest absolute Gasteiger partial charge is 0.389 e. The summed E-state index contributed by atoms with van der Waals surface area (Å²) >= 11 is 10.9. The highest BCUT2D eigenvalue weighted by Crippen LogP contribution is 2.33. The Hall–Kier alpha value is -0.690. The molecular weight excluding hydrogens is 328 g/mol. The van der Waals surface area contributed by atoms with Crippen molar-refractivity contribution >= 4 is 38.8 Å². The maximum Gasteiger partial charge on any atom is 0.242 e. The van der Waals surface area contributed by atoms with Gasteiger partial charge in [0, 0.05) is 11.6 Å². The number of sulfonamides is 1. The molecule has 1 aromatic rings. The van der Waals surface area contributed by atoms with Crippen molar-refractivity contribution < 1.29 is 8.42 Å². The van der Waals surface area contributed by atoms with E-state index >= 15 is 0 Å². The van der Waals surface area contributed by atoms with Crippen molar-refractivity contribution in [2.75, 3.05) is 0 Å². The molecule has 3 unspecified atom stereocenters. The second-order valence-electron chi connectivity index (χ2n) is 5.65. The lowest BCUT2D eigenvalue weighted by atomic mass is 9.98. The highest BCUT2D eigenvalue weighted by molar-refractivity contribution is 7.89. The van der Waals surface area contributed by atoms with Crippen molar-refractivity contribution in [3.05, 3.63) is 28.8 Å². The molecule has 0 aromatic heterocycles. The predicted octanol–water partition coefficient (Wildman–Crippen LogP) is 2.69. The first kappa shape index (κ1) is 16.7. The van der Waals surface area contributed by atoms with Gasteiger partial charge in [0.05, 0.1) is 5.02 Å². The van der Waals surface area contributed by atoms with Gasteiger partial charge in [-0.05, 0) is 36.8 Å². The summed E-state index contributed by atoms with van der Waals surface area (Å²) in [6, 6.07) is 4.49. The van der Waals surface area contributed by atoms with Crippen molar-refractivity contribution in [1.29, 1.82) is 0 Å². The number of hydrogen-bond donors (Lipinski definition) is 2. The van der Waals surface area contributed by atoms with Gasteiger partial charge >= 0.3 is 0 Å². The molecule has 0 spiro atoms. The molecule has 7 heteroatoms. The van der Waals surface area contributed by atoms with Crippen molar-refractivity contribution in [1.82, 2.24) is 4.72 Å². The third kappa shape index (κ3) is 3.56. The van der Waals surface area contributed by atoms with Crippen LogP contribution in [0.3, 0.4) is 0 Å². The van der Waals surface area contributed by atoms with Gasteiger partial charge in [0.2, 0.25) is 10.0 Å². The van der Waals surface area contributed by atoms with Gasteiger partial charge in [-0.2, -0.15) is 0 Å². The van der Waals surface area contributed by atoms with Gasteiger partial charge < -0.3 is 5.73 Å². The standard InChI is InChI=1S/C14H19ClN2O2S2/c1-8-3-6-12(9(8)2)17-21(18,19)13-7-10(14(16)20)4-5-11(13)15/h4-5,7-9,12,17H,3,6H2,1-2H3,(H2,16,20). The van der Waals surface area contributed by atoms with Crippen molar-refractivity contribution in [3.63, 3.8) is 0 Å². The van der Waals surface area contributed by atoms with Crippen LogP contribution in [0, 0.1) is 11.8 Å². The molecule has 1 saturated carbocycles. The number of benzene rings is 1. The van der Waals surface area contributed by atoms with Crippen LogP contribution >= 0.6 is 23.8 Å². The topological polar surface area (TPSA) is 72.2 Å². The minimum absolute atomic E-state index is 0.0289. The van der Waals surface area contributed by atoms with Crippen LogP contribution in [0.25, 0.3) is 0 Å². The normalized spacial score (nSPS) is 26.0. The lowest BCUT2D eigenvalue weighted by Crippen LogP contribution is -2.37. The molecule has 0 heterocycles. The first-order valence-corrected chi connectivity index (χ1v) is 9.11. The van der Waals surface area contributed by atoms with Crippen LogP contribution in [-0.2, 0) is 10.0 Å². The molecule has 1 fully saturated rings. The lowest BCUT2D eigenvalue weighted by molar-refractivity contribution is 0.402. The Labute approximate surface area is 136 Å². The number of nitrogens with two attached hydrogens (primary N) is 1. The van der Waals surface area contributed by atoms with Crippen LogP contribution in [0.4, 0.5) is 0 Å².